The smallest absolute Gasteiger partial charge is 0.351 e. The van der Waals surface area contributed by atoms with Gasteiger partial charge in [0.2, 0.25) is 0 Å². The lowest BCUT2D eigenvalue weighted by Crippen LogP contribution is -2.38. The highest BCUT2D eigenvalue weighted by Gasteiger charge is 2.53. The van der Waals surface area contributed by atoms with Crippen molar-refractivity contribution in [3.05, 3.63) is 58.6 Å². The fourth-order valence-corrected chi connectivity index (χ4v) is 2.98. The SMILES string of the molecule is C[C@@H]1[C@@H](CO)O[C@@H](n2ccc(NC(=O)c3ccccc3)nc2=O)[C@]1(C)F. The standard InChI is InChI=1S/C18H20FN3O4/c1-11-13(10-23)26-16(18(11,2)19)22-9-8-14(21-17(22)25)20-15(24)12-6-4-3-5-7-12/h3-9,11,13,16,23H,10H2,1-2H3,(H,20,21,24,25)/t11-,13-,16-,18-/m1/s1. The number of ether oxygens (including phenoxy) is 1. The molecule has 1 aromatic carbocycles. The van der Waals surface area contributed by atoms with E-state index in [9.17, 15) is 14.7 Å². The van der Waals surface area contributed by atoms with Crippen molar-refractivity contribution in [1.82, 2.24) is 9.55 Å². The van der Waals surface area contributed by atoms with Crippen LogP contribution in [0.2, 0.25) is 0 Å². The Morgan fingerprint density at radius 1 is 1.38 bits per heavy atom. The first-order chi connectivity index (χ1) is 12.3. The predicted octanol–water partition coefficient (Wildman–Crippen LogP) is 1.75. The van der Waals surface area contributed by atoms with Crippen molar-refractivity contribution >= 4 is 11.7 Å². The van der Waals surface area contributed by atoms with Gasteiger partial charge >= 0.3 is 5.69 Å². The second-order valence-electron chi connectivity index (χ2n) is 6.47. The third-order valence-corrected chi connectivity index (χ3v) is 4.77. The number of rotatable bonds is 4. The molecule has 0 radical (unpaired) electrons. The fraction of sp³-hybridized carbons (Fsp3) is 0.389. The van der Waals surface area contributed by atoms with E-state index in [1.165, 1.54) is 19.2 Å². The second kappa shape index (κ2) is 6.97. The Hall–Kier alpha value is -2.58. The monoisotopic (exact) mass is 361 g/mol. The summed E-state index contributed by atoms with van der Waals surface area (Å²) in [6.07, 6.45) is -0.585. The molecule has 7 nitrogen and oxygen atoms in total. The molecule has 4 atom stereocenters. The molecule has 0 bridgehead atoms. The summed E-state index contributed by atoms with van der Waals surface area (Å²) in [7, 11) is 0. The number of aliphatic hydroxyl groups is 1. The number of carbonyl (C=O) groups is 1. The van der Waals surface area contributed by atoms with Crippen LogP contribution < -0.4 is 11.0 Å². The average molecular weight is 361 g/mol. The van der Waals surface area contributed by atoms with Crippen LogP contribution in [0.25, 0.3) is 0 Å². The van der Waals surface area contributed by atoms with Gasteiger partial charge in [-0.25, -0.2) is 9.18 Å². The summed E-state index contributed by atoms with van der Waals surface area (Å²) in [6, 6.07) is 9.89. The number of nitrogens with one attached hydrogen (secondary N) is 1. The summed E-state index contributed by atoms with van der Waals surface area (Å²) >= 11 is 0. The molecule has 1 aromatic heterocycles. The summed E-state index contributed by atoms with van der Waals surface area (Å²) in [5, 5.41) is 11.8. The van der Waals surface area contributed by atoms with Crippen molar-refractivity contribution in [3.63, 3.8) is 0 Å². The fourth-order valence-electron chi connectivity index (χ4n) is 2.98. The first-order valence-corrected chi connectivity index (χ1v) is 8.25. The molecule has 1 aliphatic rings. The topological polar surface area (TPSA) is 93.4 Å². The molecule has 1 fully saturated rings. The van der Waals surface area contributed by atoms with E-state index in [0.717, 1.165) is 4.57 Å². The van der Waals surface area contributed by atoms with Gasteiger partial charge in [-0.2, -0.15) is 4.98 Å². The zero-order chi connectivity index (χ0) is 18.9. The molecule has 0 spiro atoms. The van der Waals surface area contributed by atoms with Gasteiger partial charge < -0.3 is 15.2 Å². The van der Waals surface area contributed by atoms with Crippen molar-refractivity contribution < 1.29 is 19.0 Å². The van der Waals surface area contributed by atoms with Crippen molar-refractivity contribution in [2.45, 2.75) is 31.8 Å². The Kier molecular flexibility index (Phi) is 4.88. The van der Waals surface area contributed by atoms with Crippen LogP contribution in [0.1, 0.15) is 30.4 Å². The van der Waals surface area contributed by atoms with Crippen LogP contribution >= 0.6 is 0 Å². The normalized spacial score (nSPS) is 28.1. The van der Waals surface area contributed by atoms with E-state index >= 15 is 4.39 Å². The number of amides is 1. The lowest BCUT2D eigenvalue weighted by atomic mass is 9.90. The number of aliphatic hydroxyl groups excluding tert-OH is 1. The molecular weight excluding hydrogens is 341 g/mol. The van der Waals surface area contributed by atoms with Gasteiger partial charge in [0, 0.05) is 17.7 Å². The molecule has 2 heterocycles. The van der Waals surface area contributed by atoms with Gasteiger partial charge in [-0.1, -0.05) is 25.1 Å². The quantitative estimate of drug-likeness (QED) is 0.865. The van der Waals surface area contributed by atoms with Crippen LogP contribution in [0.15, 0.2) is 47.4 Å². The lowest BCUT2D eigenvalue weighted by molar-refractivity contribution is -0.0610. The third kappa shape index (κ3) is 3.25. The maximum Gasteiger partial charge on any atom is 0.351 e. The van der Waals surface area contributed by atoms with E-state index in [-0.39, 0.29) is 12.4 Å². The molecular formula is C18H20FN3O4. The van der Waals surface area contributed by atoms with Gasteiger partial charge in [-0.05, 0) is 25.1 Å². The highest BCUT2D eigenvalue weighted by molar-refractivity contribution is 6.03. The van der Waals surface area contributed by atoms with Gasteiger partial charge in [0.05, 0.1) is 12.7 Å². The number of benzene rings is 1. The Bertz CT molecular complexity index is 853. The van der Waals surface area contributed by atoms with Crippen LogP contribution in [0.5, 0.6) is 0 Å². The van der Waals surface area contributed by atoms with Crippen LogP contribution in [0.3, 0.4) is 0 Å². The number of alkyl halides is 1. The third-order valence-electron chi connectivity index (χ3n) is 4.77. The molecule has 0 aliphatic carbocycles. The number of hydrogen-bond acceptors (Lipinski definition) is 5. The molecule has 26 heavy (non-hydrogen) atoms. The van der Waals surface area contributed by atoms with Gasteiger partial charge in [-0.3, -0.25) is 9.36 Å². The maximum absolute atomic E-state index is 15.0. The van der Waals surface area contributed by atoms with Crippen LogP contribution in [-0.2, 0) is 4.74 Å². The first kappa shape index (κ1) is 18.2. The molecule has 1 saturated heterocycles. The predicted molar refractivity (Wildman–Crippen MR) is 92.6 cm³/mol. The first-order valence-electron chi connectivity index (χ1n) is 8.25. The number of carbonyl (C=O) groups excluding carboxylic acids is 1. The number of nitrogens with zero attached hydrogens (tertiary/aromatic N) is 2. The zero-order valence-electron chi connectivity index (χ0n) is 14.4. The van der Waals surface area contributed by atoms with Crippen LogP contribution in [0, 0.1) is 5.92 Å². The van der Waals surface area contributed by atoms with E-state index < -0.39 is 35.5 Å². The highest BCUT2D eigenvalue weighted by atomic mass is 19.1. The summed E-state index contributed by atoms with van der Waals surface area (Å²) in [5.41, 5.74) is -2.18. The average Bonchev–Trinajstić information content (AvgIpc) is 2.85. The van der Waals surface area contributed by atoms with Gasteiger partial charge in [-0.15, -0.1) is 0 Å². The molecule has 0 unspecified atom stereocenters. The minimum absolute atomic E-state index is 0.0606. The molecule has 3 rings (SSSR count). The van der Waals surface area contributed by atoms with E-state index in [0.29, 0.717) is 5.56 Å². The summed E-state index contributed by atoms with van der Waals surface area (Å²) < 4.78 is 21.5. The molecule has 1 aliphatic heterocycles. The Balaban J connectivity index is 1.82. The lowest BCUT2D eigenvalue weighted by Gasteiger charge is -2.25. The Morgan fingerprint density at radius 3 is 2.65 bits per heavy atom. The summed E-state index contributed by atoms with van der Waals surface area (Å²) in [4.78, 5) is 28.2. The minimum atomic E-state index is -1.85. The zero-order valence-corrected chi connectivity index (χ0v) is 14.4. The molecule has 1 amide bonds. The number of hydrogen-bond donors (Lipinski definition) is 2. The molecule has 0 saturated carbocycles. The van der Waals surface area contributed by atoms with E-state index in [2.05, 4.69) is 10.3 Å². The highest BCUT2D eigenvalue weighted by Crippen LogP contribution is 2.44. The largest absolute Gasteiger partial charge is 0.394 e. The van der Waals surface area contributed by atoms with Crippen molar-refractivity contribution in [1.29, 1.82) is 0 Å². The second-order valence-corrected chi connectivity index (χ2v) is 6.47. The van der Waals surface area contributed by atoms with Crippen LogP contribution in [-0.4, -0.2) is 38.9 Å². The van der Waals surface area contributed by atoms with E-state index in [4.69, 9.17) is 4.74 Å². The number of halogens is 1. The van der Waals surface area contributed by atoms with Gasteiger partial charge in [0.15, 0.2) is 11.9 Å². The van der Waals surface area contributed by atoms with E-state index in [1.54, 1.807) is 37.3 Å². The maximum atomic E-state index is 15.0. The number of aromatic nitrogens is 2. The van der Waals surface area contributed by atoms with Crippen LogP contribution in [0.4, 0.5) is 10.2 Å². The van der Waals surface area contributed by atoms with Crippen molar-refractivity contribution in [2.24, 2.45) is 5.92 Å². The molecule has 138 valence electrons. The molecule has 2 aromatic rings. The van der Waals surface area contributed by atoms with Crippen molar-refractivity contribution in [3.8, 4) is 0 Å². The molecule has 2 N–H and O–H groups in total. The number of anilines is 1. The summed E-state index contributed by atoms with van der Waals surface area (Å²) in [6.45, 7) is 2.61. The van der Waals surface area contributed by atoms with Gasteiger partial charge in [0.25, 0.3) is 5.91 Å². The summed E-state index contributed by atoms with van der Waals surface area (Å²) in [5.74, 6) is -0.941. The Labute approximate surface area is 149 Å². The Morgan fingerprint density at radius 2 is 2.08 bits per heavy atom. The van der Waals surface area contributed by atoms with Gasteiger partial charge in [0.1, 0.15) is 5.82 Å². The van der Waals surface area contributed by atoms with E-state index in [1.807, 2.05) is 0 Å². The minimum Gasteiger partial charge on any atom is -0.394 e. The molecule has 8 heteroatoms. The van der Waals surface area contributed by atoms with Crippen molar-refractivity contribution in [2.75, 3.05) is 11.9 Å².